The first-order valence-corrected chi connectivity index (χ1v) is 11.8. The van der Waals surface area contributed by atoms with Crippen LogP contribution in [0, 0.1) is 0 Å². The molecule has 184 valence electrons. The molecule has 3 amide bonds. The first-order chi connectivity index (χ1) is 17.4. The van der Waals surface area contributed by atoms with E-state index in [0.29, 0.717) is 30.9 Å². The molecule has 2 heterocycles. The van der Waals surface area contributed by atoms with Crippen LogP contribution in [0.1, 0.15) is 27.8 Å². The first kappa shape index (κ1) is 23.5. The molecular formula is C27H27N5O4. The summed E-state index contributed by atoms with van der Waals surface area (Å²) in [4.78, 5) is 42.1. The van der Waals surface area contributed by atoms with Gasteiger partial charge in [-0.1, -0.05) is 36.4 Å². The number of carbonyl (C=O) groups excluding carboxylic acids is 2. The largest absolute Gasteiger partial charge is 0.465 e. The SMILES string of the molecule is CN(Cc1ccccc1CNCC(=O)Nc1ccc2c(c1)C[C@@]1(C2)C(=O)Nc2ncccc21)C(=O)O. The molecule has 0 saturated carbocycles. The fourth-order valence-corrected chi connectivity index (χ4v) is 5.07. The lowest BCUT2D eigenvalue weighted by atomic mass is 9.79. The van der Waals surface area contributed by atoms with Gasteiger partial charge in [0, 0.05) is 37.6 Å². The van der Waals surface area contributed by atoms with E-state index in [1.807, 2.05) is 54.6 Å². The Hall–Kier alpha value is -4.24. The molecule has 1 atom stereocenters. The van der Waals surface area contributed by atoms with Gasteiger partial charge in [0.15, 0.2) is 0 Å². The summed E-state index contributed by atoms with van der Waals surface area (Å²) in [6.07, 6.45) is 1.86. The number of rotatable bonds is 7. The maximum Gasteiger partial charge on any atom is 0.407 e. The summed E-state index contributed by atoms with van der Waals surface area (Å²) in [7, 11) is 1.52. The van der Waals surface area contributed by atoms with Gasteiger partial charge in [-0.05, 0) is 53.3 Å². The van der Waals surface area contributed by atoms with Gasteiger partial charge in [-0.2, -0.15) is 0 Å². The van der Waals surface area contributed by atoms with Crippen LogP contribution in [0.25, 0.3) is 0 Å². The second-order valence-corrected chi connectivity index (χ2v) is 9.33. The van der Waals surface area contributed by atoms with E-state index in [0.717, 1.165) is 27.8 Å². The highest BCUT2D eigenvalue weighted by atomic mass is 16.4. The van der Waals surface area contributed by atoms with E-state index < -0.39 is 11.5 Å². The van der Waals surface area contributed by atoms with Crippen molar-refractivity contribution in [3.05, 3.63) is 88.6 Å². The lowest BCUT2D eigenvalue weighted by Crippen LogP contribution is -2.35. The van der Waals surface area contributed by atoms with Crippen LogP contribution in [0.5, 0.6) is 0 Å². The van der Waals surface area contributed by atoms with Crippen molar-refractivity contribution >= 4 is 29.4 Å². The summed E-state index contributed by atoms with van der Waals surface area (Å²) in [5.74, 6) is 0.416. The van der Waals surface area contributed by atoms with Crippen molar-refractivity contribution in [2.24, 2.45) is 0 Å². The van der Waals surface area contributed by atoms with E-state index in [1.54, 1.807) is 6.20 Å². The summed E-state index contributed by atoms with van der Waals surface area (Å²) < 4.78 is 0. The predicted octanol–water partition coefficient (Wildman–Crippen LogP) is 2.91. The monoisotopic (exact) mass is 485 g/mol. The van der Waals surface area contributed by atoms with E-state index >= 15 is 0 Å². The van der Waals surface area contributed by atoms with Gasteiger partial charge >= 0.3 is 6.09 Å². The highest BCUT2D eigenvalue weighted by Gasteiger charge is 2.51. The first-order valence-electron chi connectivity index (χ1n) is 11.8. The second kappa shape index (κ2) is 9.43. The lowest BCUT2D eigenvalue weighted by Gasteiger charge is -2.20. The van der Waals surface area contributed by atoms with Crippen molar-refractivity contribution in [2.45, 2.75) is 31.3 Å². The summed E-state index contributed by atoms with van der Waals surface area (Å²) in [5, 5.41) is 18.1. The van der Waals surface area contributed by atoms with Crippen molar-refractivity contribution in [3.63, 3.8) is 0 Å². The molecular weight excluding hydrogens is 458 g/mol. The Bertz CT molecular complexity index is 1360. The van der Waals surface area contributed by atoms with Crippen LogP contribution in [0.2, 0.25) is 0 Å². The summed E-state index contributed by atoms with van der Waals surface area (Å²) >= 11 is 0. The number of benzene rings is 2. The van der Waals surface area contributed by atoms with Crippen molar-refractivity contribution in [1.82, 2.24) is 15.2 Å². The van der Waals surface area contributed by atoms with E-state index in [2.05, 4.69) is 20.9 Å². The third-order valence-electron chi connectivity index (χ3n) is 6.92. The average molecular weight is 486 g/mol. The van der Waals surface area contributed by atoms with E-state index in [-0.39, 0.29) is 24.9 Å². The molecule has 9 nitrogen and oxygen atoms in total. The van der Waals surface area contributed by atoms with Gasteiger partial charge < -0.3 is 26.0 Å². The highest BCUT2D eigenvalue weighted by molar-refractivity contribution is 6.06. The number of hydrogen-bond acceptors (Lipinski definition) is 5. The number of pyridine rings is 1. The predicted molar refractivity (Wildman–Crippen MR) is 135 cm³/mol. The van der Waals surface area contributed by atoms with Crippen molar-refractivity contribution in [1.29, 1.82) is 0 Å². The standard InChI is InChI=1S/C27H27N5O4/c1-32(26(35)36)16-19-6-3-2-5-18(19)14-28-15-23(33)30-21-9-8-17-12-27(13-20(17)11-21)22-7-4-10-29-24(22)31-25(27)34/h2-11,28H,12-16H2,1H3,(H,30,33)(H,35,36)(H,29,31,34)/t27-/m1/s1. The molecule has 5 rings (SSSR count). The van der Waals surface area contributed by atoms with E-state index in [1.165, 1.54) is 11.9 Å². The Morgan fingerprint density at radius 2 is 1.86 bits per heavy atom. The number of nitrogens with zero attached hydrogens (tertiary/aromatic N) is 2. The zero-order valence-electron chi connectivity index (χ0n) is 19.9. The van der Waals surface area contributed by atoms with Crippen LogP contribution in [0.3, 0.4) is 0 Å². The highest BCUT2D eigenvalue weighted by Crippen LogP contribution is 2.46. The molecule has 0 saturated heterocycles. The number of hydrogen-bond donors (Lipinski definition) is 4. The van der Waals surface area contributed by atoms with Crippen LogP contribution in [0.4, 0.5) is 16.3 Å². The molecule has 0 radical (unpaired) electrons. The quantitative estimate of drug-likeness (QED) is 0.408. The fourth-order valence-electron chi connectivity index (χ4n) is 5.07. The Morgan fingerprint density at radius 3 is 2.67 bits per heavy atom. The number of carboxylic acid groups (broad SMARTS) is 1. The van der Waals surface area contributed by atoms with Gasteiger partial charge in [0.1, 0.15) is 5.82 Å². The molecule has 36 heavy (non-hydrogen) atoms. The maximum absolute atomic E-state index is 12.9. The zero-order valence-corrected chi connectivity index (χ0v) is 19.9. The van der Waals surface area contributed by atoms with Crippen LogP contribution in [-0.2, 0) is 40.9 Å². The maximum atomic E-state index is 12.9. The Balaban J connectivity index is 1.19. The molecule has 2 aliphatic rings. The molecule has 3 aromatic rings. The van der Waals surface area contributed by atoms with Crippen LogP contribution < -0.4 is 16.0 Å². The number of anilines is 2. The number of nitrogens with one attached hydrogen (secondary N) is 3. The Labute approximate surface area is 208 Å². The smallest absolute Gasteiger partial charge is 0.407 e. The van der Waals surface area contributed by atoms with Gasteiger partial charge in [-0.25, -0.2) is 9.78 Å². The average Bonchev–Trinajstić information content (AvgIpc) is 3.37. The summed E-state index contributed by atoms with van der Waals surface area (Å²) in [6.45, 7) is 0.812. The Kier molecular flexibility index (Phi) is 6.15. The minimum absolute atomic E-state index is 0.0305. The molecule has 2 aromatic carbocycles. The zero-order chi connectivity index (χ0) is 25.3. The third-order valence-corrected chi connectivity index (χ3v) is 6.92. The van der Waals surface area contributed by atoms with E-state index in [4.69, 9.17) is 5.11 Å². The van der Waals surface area contributed by atoms with Gasteiger partial charge in [-0.15, -0.1) is 0 Å². The van der Waals surface area contributed by atoms with Crippen molar-refractivity contribution < 1.29 is 19.5 Å². The molecule has 1 spiro atoms. The molecule has 0 bridgehead atoms. The van der Waals surface area contributed by atoms with Gasteiger partial charge in [0.05, 0.1) is 12.0 Å². The van der Waals surface area contributed by atoms with Crippen LogP contribution in [0.15, 0.2) is 60.8 Å². The molecule has 0 fully saturated rings. The number of amides is 3. The van der Waals surface area contributed by atoms with Crippen molar-refractivity contribution in [2.75, 3.05) is 24.2 Å². The second-order valence-electron chi connectivity index (χ2n) is 9.33. The van der Waals surface area contributed by atoms with E-state index in [9.17, 15) is 14.4 Å². The summed E-state index contributed by atoms with van der Waals surface area (Å²) in [5.41, 5.74) is 4.94. The summed E-state index contributed by atoms with van der Waals surface area (Å²) in [6, 6.07) is 17.1. The minimum atomic E-state index is -0.994. The minimum Gasteiger partial charge on any atom is -0.465 e. The number of aromatic nitrogens is 1. The molecule has 1 aliphatic heterocycles. The third kappa shape index (κ3) is 4.40. The molecule has 1 aromatic heterocycles. The molecule has 1 aliphatic carbocycles. The van der Waals surface area contributed by atoms with Crippen molar-refractivity contribution in [3.8, 4) is 0 Å². The Morgan fingerprint density at radius 1 is 1.08 bits per heavy atom. The molecule has 9 heteroatoms. The van der Waals surface area contributed by atoms with Gasteiger partial charge in [0.2, 0.25) is 11.8 Å². The lowest BCUT2D eigenvalue weighted by molar-refractivity contribution is -0.120. The molecule has 4 N–H and O–H groups in total. The van der Waals surface area contributed by atoms with Crippen LogP contribution in [-0.4, -0.2) is 46.5 Å². The van der Waals surface area contributed by atoms with Crippen LogP contribution >= 0.6 is 0 Å². The molecule has 0 unspecified atom stereocenters. The normalized spacial score (nSPS) is 17.4. The number of fused-ring (bicyclic) bond motifs is 3. The van der Waals surface area contributed by atoms with Gasteiger partial charge in [-0.3, -0.25) is 9.59 Å². The fraction of sp³-hybridized carbons (Fsp3) is 0.259. The van der Waals surface area contributed by atoms with Gasteiger partial charge in [0.25, 0.3) is 0 Å². The number of carbonyl (C=O) groups is 3. The topological polar surface area (TPSA) is 124 Å².